The van der Waals surface area contributed by atoms with Gasteiger partial charge in [0, 0.05) is 5.56 Å². The first-order chi connectivity index (χ1) is 16.4. The summed E-state index contributed by atoms with van der Waals surface area (Å²) in [5, 5.41) is 14.3. The van der Waals surface area contributed by atoms with Gasteiger partial charge in [0.1, 0.15) is 0 Å². The van der Waals surface area contributed by atoms with Gasteiger partial charge in [0.15, 0.2) is 0 Å². The Morgan fingerprint density at radius 2 is 1.77 bits per heavy atom. The number of benzene rings is 1. The van der Waals surface area contributed by atoms with E-state index < -0.39 is 23.9 Å². The fourth-order valence-electron chi connectivity index (χ4n) is 3.68. The molecule has 2 N–H and O–H groups in total. The van der Waals surface area contributed by atoms with E-state index in [2.05, 4.69) is 22.4 Å². The first-order valence-corrected chi connectivity index (χ1v) is 11.5. The maximum absolute atomic E-state index is 13.6. The zero-order chi connectivity index (χ0) is 26.1. The summed E-state index contributed by atoms with van der Waals surface area (Å²) < 4.78 is 77.8. The molecular weight excluding hydrogens is 480 g/mol. The zero-order valence-electron chi connectivity index (χ0n) is 19.3. The number of carbonyl (C=O) groups is 1. The Bertz CT molecular complexity index is 937. The number of hydrogen-bond donors (Lipinski definition) is 2. The van der Waals surface area contributed by atoms with Crippen LogP contribution in [0, 0.1) is 0 Å². The van der Waals surface area contributed by atoms with E-state index in [1.165, 1.54) is 6.42 Å². The van der Waals surface area contributed by atoms with E-state index >= 15 is 0 Å². The van der Waals surface area contributed by atoms with Crippen molar-refractivity contribution in [1.29, 1.82) is 0 Å². The van der Waals surface area contributed by atoms with Crippen LogP contribution >= 0.6 is 0 Å². The van der Waals surface area contributed by atoms with Gasteiger partial charge < -0.3 is 14.9 Å². The summed E-state index contributed by atoms with van der Waals surface area (Å²) in [6.07, 6.45) is -0.822. The van der Waals surface area contributed by atoms with Crippen LogP contribution in [0.5, 0.6) is 0 Å². The van der Waals surface area contributed by atoms with Crippen molar-refractivity contribution in [3.8, 4) is 11.4 Å². The molecule has 1 saturated heterocycles. The molecule has 0 radical (unpaired) electrons. The van der Waals surface area contributed by atoms with Crippen molar-refractivity contribution in [2.75, 3.05) is 6.54 Å². The lowest BCUT2D eigenvalue weighted by Crippen LogP contribution is -2.21. The van der Waals surface area contributed by atoms with Crippen molar-refractivity contribution in [2.45, 2.75) is 83.1 Å². The summed E-state index contributed by atoms with van der Waals surface area (Å²) in [6.45, 7) is 3.03. The van der Waals surface area contributed by atoms with Crippen molar-refractivity contribution in [3.63, 3.8) is 0 Å². The highest BCUT2D eigenvalue weighted by molar-refractivity contribution is 5.73. The van der Waals surface area contributed by atoms with Gasteiger partial charge in [-0.15, -0.1) is 0 Å². The van der Waals surface area contributed by atoms with E-state index in [4.69, 9.17) is 14.4 Å². The molecule has 0 amide bonds. The summed E-state index contributed by atoms with van der Waals surface area (Å²) in [5.74, 6) is -2.11. The number of aryl methyl sites for hydroxylation is 1. The van der Waals surface area contributed by atoms with Gasteiger partial charge in [0.25, 0.3) is 0 Å². The predicted octanol–water partition coefficient (Wildman–Crippen LogP) is 6.72. The van der Waals surface area contributed by atoms with Crippen LogP contribution in [-0.2, 0) is 17.4 Å². The standard InChI is InChI=1S/C21H28F3N3O.C2HF3O2/c1-2-3-4-5-6-7-9-15-11-12-16(14-17(15)21(22,23)24)19-26-20(28-27-19)18-10-8-13-25-18;3-2(4,5)1(6)7/h11-12,14,18,25H,2-10,13H2,1H3;(H,6,7). The van der Waals surface area contributed by atoms with Crippen LogP contribution in [0.4, 0.5) is 26.3 Å². The summed E-state index contributed by atoms with van der Waals surface area (Å²) in [4.78, 5) is 13.2. The molecule has 0 bridgehead atoms. The predicted molar refractivity (Wildman–Crippen MR) is 115 cm³/mol. The first kappa shape index (κ1) is 28.6. The summed E-state index contributed by atoms with van der Waals surface area (Å²) in [7, 11) is 0. The monoisotopic (exact) mass is 509 g/mol. The highest BCUT2D eigenvalue weighted by Gasteiger charge is 2.38. The van der Waals surface area contributed by atoms with E-state index in [1.54, 1.807) is 12.1 Å². The van der Waals surface area contributed by atoms with Crippen LogP contribution in [0.15, 0.2) is 22.7 Å². The molecule has 1 aliphatic heterocycles. The van der Waals surface area contributed by atoms with Crippen molar-refractivity contribution in [1.82, 2.24) is 15.5 Å². The van der Waals surface area contributed by atoms with E-state index in [0.717, 1.165) is 57.6 Å². The quantitative estimate of drug-likeness (QED) is 0.288. The lowest BCUT2D eigenvalue weighted by atomic mass is 9.97. The molecule has 12 heteroatoms. The van der Waals surface area contributed by atoms with Gasteiger partial charge in [-0.2, -0.15) is 31.3 Å². The molecule has 0 aliphatic carbocycles. The molecule has 0 spiro atoms. The van der Waals surface area contributed by atoms with Gasteiger partial charge in [0.2, 0.25) is 11.7 Å². The average molecular weight is 509 g/mol. The van der Waals surface area contributed by atoms with Crippen molar-refractivity contribution < 1.29 is 40.8 Å². The summed E-state index contributed by atoms with van der Waals surface area (Å²) in [5.41, 5.74) is 0.0869. The number of aliphatic carboxylic acids is 1. The van der Waals surface area contributed by atoms with E-state index in [9.17, 15) is 26.3 Å². The number of hydrogen-bond acceptors (Lipinski definition) is 5. The van der Waals surface area contributed by atoms with E-state index in [0.29, 0.717) is 23.4 Å². The van der Waals surface area contributed by atoms with Crippen LogP contribution in [0.25, 0.3) is 11.4 Å². The largest absolute Gasteiger partial charge is 0.490 e. The van der Waals surface area contributed by atoms with Gasteiger partial charge in [-0.3, -0.25) is 0 Å². The van der Waals surface area contributed by atoms with Crippen LogP contribution in [-0.4, -0.2) is 33.9 Å². The molecule has 1 fully saturated rings. The maximum atomic E-state index is 13.6. The number of alkyl halides is 6. The molecule has 1 aliphatic rings. The fraction of sp³-hybridized carbons (Fsp3) is 0.609. The van der Waals surface area contributed by atoms with Gasteiger partial charge in [0.05, 0.1) is 11.6 Å². The Labute approximate surface area is 199 Å². The number of carboxylic acids is 1. The average Bonchev–Trinajstić information content (AvgIpc) is 3.47. The minimum atomic E-state index is -5.08. The van der Waals surface area contributed by atoms with Crippen molar-refractivity contribution in [3.05, 3.63) is 35.2 Å². The molecule has 1 unspecified atom stereocenters. The van der Waals surface area contributed by atoms with Crippen LogP contribution in [0.2, 0.25) is 0 Å². The smallest absolute Gasteiger partial charge is 0.475 e. The van der Waals surface area contributed by atoms with Crippen LogP contribution < -0.4 is 5.32 Å². The highest BCUT2D eigenvalue weighted by Crippen LogP contribution is 2.35. The molecule has 6 nitrogen and oxygen atoms in total. The molecule has 2 heterocycles. The number of rotatable bonds is 9. The second-order valence-corrected chi connectivity index (χ2v) is 8.30. The molecule has 2 aromatic rings. The third-order valence-corrected chi connectivity index (χ3v) is 5.52. The van der Waals surface area contributed by atoms with Crippen LogP contribution in [0.3, 0.4) is 0 Å². The first-order valence-electron chi connectivity index (χ1n) is 11.5. The third-order valence-electron chi connectivity index (χ3n) is 5.52. The Hall–Kier alpha value is -2.63. The molecular formula is C23H29F6N3O3. The van der Waals surface area contributed by atoms with Gasteiger partial charge in [-0.25, -0.2) is 4.79 Å². The van der Waals surface area contributed by atoms with Gasteiger partial charge in [-0.05, 0) is 43.9 Å². The van der Waals surface area contributed by atoms with Crippen LogP contribution in [0.1, 0.15) is 81.3 Å². The zero-order valence-corrected chi connectivity index (χ0v) is 19.3. The minimum absolute atomic E-state index is 0.00434. The van der Waals surface area contributed by atoms with Crippen molar-refractivity contribution in [2.24, 2.45) is 0 Å². The number of nitrogens with zero attached hydrogens (tertiary/aromatic N) is 2. The molecule has 196 valence electrons. The SMILES string of the molecule is CCCCCCCCc1ccc(-c2noc(C3CCCN3)n2)cc1C(F)(F)F.O=C(O)C(F)(F)F. The van der Waals surface area contributed by atoms with Crippen molar-refractivity contribution >= 4 is 5.97 Å². The Balaban J connectivity index is 0.000000540. The lowest BCUT2D eigenvalue weighted by Gasteiger charge is -2.14. The number of carboxylic acid groups (broad SMARTS) is 1. The normalized spacial score (nSPS) is 16.1. The Morgan fingerprint density at radius 1 is 1.11 bits per heavy atom. The van der Waals surface area contributed by atoms with E-state index in [-0.39, 0.29) is 11.9 Å². The summed E-state index contributed by atoms with van der Waals surface area (Å²) >= 11 is 0. The topological polar surface area (TPSA) is 88.3 Å². The molecule has 35 heavy (non-hydrogen) atoms. The molecule has 1 aromatic carbocycles. The number of aromatic nitrogens is 2. The van der Waals surface area contributed by atoms with Gasteiger partial charge >= 0.3 is 18.3 Å². The fourth-order valence-corrected chi connectivity index (χ4v) is 3.68. The second-order valence-electron chi connectivity index (χ2n) is 8.30. The van der Waals surface area contributed by atoms with E-state index in [1.807, 2.05) is 0 Å². The molecule has 1 atom stereocenters. The summed E-state index contributed by atoms with van der Waals surface area (Å²) in [6, 6.07) is 4.38. The Kier molecular flexibility index (Phi) is 10.5. The number of unbranched alkanes of at least 4 members (excludes halogenated alkanes) is 5. The minimum Gasteiger partial charge on any atom is -0.475 e. The third kappa shape index (κ3) is 9.15. The maximum Gasteiger partial charge on any atom is 0.490 e. The molecule has 1 aromatic heterocycles. The second kappa shape index (κ2) is 12.9. The Morgan fingerprint density at radius 3 is 2.34 bits per heavy atom. The highest BCUT2D eigenvalue weighted by atomic mass is 19.4. The molecule has 3 rings (SSSR count). The number of halogens is 6. The number of nitrogens with one attached hydrogen (secondary N) is 1. The molecule has 0 saturated carbocycles. The van der Waals surface area contributed by atoms with Gasteiger partial charge in [-0.1, -0.05) is 56.3 Å². The lowest BCUT2D eigenvalue weighted by molar-refractivity contribution is -0.192.